The van der Waals surface area contributed by atoms with E-state index in [1.165, 1.54) is 11.3 Å². The molecule has 2 aromatic heterocycles. The number of anilines is 1. The fraction of sp³-hybridized carbons (Fsp3) is 0.438. The van der Waals surface area contributed by atoms with E-state index in [4.69, 9.17) is 5.26 Å². The summed E-state index contributed by atoms with van der Waals surface area (Å²) in [5, 5.41) is 12.9. The number of rotatable bonds is 3. The van der Waals surface area contributed by atoms with Crippen LogP contribution in [0.2, 0.25) is 0 Å². The molecule has 0 saturated carbocycles. The molecule has 1 amide bonds. The molecule has 0 spiro atoms. The number of aryl methyl sites for hydroxylation is 2. The van der Waals surface area contributed by atoms with E-state index in [2.05, 4.69) is 16.4 Å². The van der Waals surface area contributed by atoms with Gasteiger partial charge < -0.3 is 9.88 Å². The number of amides is 1. The van der Waals surface area contributed by atoms with Crippen LogP contribution in [0.4, 0.5) is 5.82 Å². The smallest absolute Gasteiger partial charge is 0.268 e. The van der Waals surface area contributed by atoms with Crippen LogP contribution in [0.1, 0.15) is 53.6 Å². The molecule has 6 heteroatoms. The van der Waals surface area contributed by atoms with Crippen molar-refractivity contribution >= 4 is 23.1 Å². The van der Waals surface area contributed by atoms with Gasteiger partial charge in [-0.25, -0.2) is 4.98 Å². The molecule has 0 aliphatic heterocycles. The first-order chi connectivity index (χ1) is 10.3. The van der Waals surface area contributed by atoms with Gasteiger partial charge in [0.1, 0.15) is 16.8 Å². The Bertz CT molecular complexity index is 743. The first-order valence-corrected chi connectivity index (χ1v) is 7.98. The Hall–Kier alpha value is -2.13. The summed E-state index contributed by atoms with van der Waals surface area (Å²) in [4.78, 5) is 17.5. The maximum atomic E-state index is 12.5. The van der Waals surface area contributed by atoms with E-state index in [0.717, 1.165) is 17.1 Å². The highest BCUT2D eigenvalue weighted by Crippen LogP contribution is 2.26. The number of aromatic nitrogens is 2. The Kier molecular flexibility index (Phi) is 4.38. The molecule has 0 aliphatic carbocycles. The predicted molar refractivity (Wildman–Crippen MR) is 88.3 cm³/mol. The molecular weight excluding hydrogens is 296 g/mol. The fourth-order valence-electron chi connectivity index (χ4n) is 2.16. The first kappa shape index (κ1) is 16.2. The normalized spacial score (nSPS) is 11.3. The topological polar surface area (TPSA) is 70.7 Å². The van der Waals surface area contributed by atoms with Crippen LogP contribution < -0.4 is 5.32 Å². The average Bonchev–Trinajstić information content (AvgIpc) is 3.01. The number of nitriles is 1. The summed E-state index contributed by atoms with van der Waals surface area (Å²) in [5.41, 5.74) is 1.05. The third-order valence-corrected chi connectivity index (χ3v) is 4.56. The van der Waals surface area contributed by atoms with E-state index >= 15 is 0 Å². The highest BCUT2D eigenvalue weighted by atomic mass is 32.1. The third-order valence-electron chi connectivity index (χ3n) is 3.26. The molecule has 116 valence electrons. The number of thiazole rings is 1. The first-order valence-electron chi connectivity index (χ1n) is 7.17. The van der Waals surface area contributed by atoms with Crippen molar-refractivity contribution in [2.45, 2.75) is 46.6 Å². The van der Waals surface area contributed by atoms with Crippen LogP contribution >= 0.6 is 11.3 Å². The third kappa shape index (κ3) is 3.20. The molecule has 5 nitrogen and oxygen atoms in total. The Morgan fingerprint density at radius 3 is 2.68 bits per heavy atom. The Morgan fingerprint density at radius 1 is 1.50 bits per heavy atom. The lowest BCUT2D eigenvalue weighted by atomic mass is 10.1. The summed E-state index contributed by atoms with van der Waals surface area (Å²) < 4.78 is 1.90. The molecule has 2 rings (SSSR count). The molecule has 0 radical (unpaired) electrons. The van der Waals surface area contributed by atoms with Gasteiger partial charge in [-0.3, -0.25) is 4.79 Å². The Morgan fingerprint density at radius 2 is 2.18 bits per heavy atom. The molecule has 1 N–H and O–H groups in total. The lowest BCUT2D eigenvalue weighted by molar-refractivity contribution is 0.102. The van der Waals surface area contributed by atoms with Gasteiger partial charge in [-0.2, -0.15) is 5.26 Å². The highest BCUT2D eigenvalue weighted by Gasteiger charge is 2.21. The molecule has 0 saturated heterocycles. The van der Waals surface area contributed by atoms with Gasteiger partial charge in [0.25, 0.3) is 5.91 Å². The molecule has 2 heterocycles. The number of hydrogen-bond donors (Lipinski definition) is 1. The van der Waals surface area contributed by atoms with Crippen LogP contribution in [0.3, 0.4) is 0 Å². The van der Waals surface area contributed by atoms with Crippen molar-refractivity contribution in [2.75, 3.05) is 5.32 Å². The number of nitrogens with one attached hydrogen (secondary N) is 1. The van der Waals surface area contributed by atoms with Gasteiger partial charge in [-0.15, -0.1) is 11.3 Å². The molecule has 0 aliphatic rings. The van der Waals surface area contributed by atoms with E-state index in [-0.39, 0.29) is 11.4 Å². The monoisotopic (exact) mass is 316 g/mol. The van der Waals surface area contributed by atoms with Crippen LogP contribution in [-0.2, 0) is 12.0 Å². The minimum atomic E-state index is -0.227. The summed E-state index contributed by atoms with van der Waals surface area (Å²) in [6.45, 7) is 9.93. The van der Waals surface area contributed by atoms with Crippen LogP contribution in [0.25, 0.3) is 0 Å². The van der Waals surface area contributed by atoms with Gasteiger partial charge in [0.2, 0.25) is 0 Å². The van der Waals surface area contributed by atoms with E-state index in [0.29, 0.717) is 16.3 Å². The quantitative estimate of drug-likeness (QED) is 0.938. The van der Waals surface area contributed by atoms with Crippen molar-refractivity contribution in [1.82, 2.24) is 9.55 Å². The zero-order valence-corrected chi connectivity index (χ0v) is 14.3. The van der Waals surface area contributed by atoms with E-state index in [1.54, 1.807) is 12.3 Å². The van der Waals surface area contributed by atoms with Crippen LogP contribution in [0, 0.1) is 18.3 Å². The summed E-state index contributed by atoms with van der Waals surface area (Å²) in [7, 11) is 0. The number of hydrogen-bond acceptors (Lipinski definition) is 4. The van der Waals surface area contributed by atoms with Crippen molar-refractivity contribution in [3.8, 4) is 6.07 Å². The van der Waals surface area contributed by atoms with E-state index in [9.17, 15) is 4.79 Å². The van der Waals surface area contributed by atoms with Gasteiger partial charge in [-0.05, 0) is 40.2 Å². The van der Waals surface area contributed by atoms with Gasteiger partial charge in [0.15, 0.2) is 0 Å². The molecule has 0 fully saturated rings. The van der Waals surface area contributed by atoms with E-state index in [1.807, 2.05) is 39.2 Å². The molecule has 22 heavy (non-hydrogen) atoms. The standard InChI is InChI=1S/C16H20N4OS/c1-6-13-18-10(2)14(22-13)15(21)19-12-7-11(8-17)9-20(12)16(3,4)5/h7,9H,6H2,1-5H3,(H,19,21). The average molecular weight is 316 g/mol. The van der Waals surface area contributed by atoms with Crippen LogP contribution in [-0.4, -0.2) is 15.5 Å². The minimum Gasteiger partial charge on any atom is -0.328 e. The molecule has 0 aromatic carbocycles. The Labute approximate surface area is 134 Å². The van der Waals surface area contributed by atoms with Gasteiger partial charge in [-0.1, -0.05) is 6.92 Å². The number of nitrogens with zero attached hydrogens (tertiary/aromatic N) is 3. The summed E-state index contributed by atoms with van der Waals surface area (Å²) in [5.74, 6) is 0.447. The molecule has 0 bridgehead atoms. The van der Waals surface area contributed by atoms with Crippen LogP contribution in [0.15, 0.2) is 12.3 Å². The van der Waals surface area contributed by atoms with Crippen LogP contribution in [0.5, 0.6) is 0 Å². The minimum absolute atomic E-state index is 0.178. The lowest BCUT2D eigenvalue weighted by Gasteiger charge is -2.24. The molecule has 0 atom stereocenters. The lowest BCUT2D eigenvalue weighted by Crippen LogP contribution is -2.24. The zero-order chi connectivity index (χ0) is 16.5. The largest absolute Gasteiger partial charge is 0.328 e. The maximum absolute atomic E-state index is 12.5. The summed E-state index contributed by atoms with van der Waals surface area (Å²) in [6.07, 6.45) is 2.57. The predicted octanol–water partition coefficient (Wildman–Crippen LogP) is 3.69. The molecular formula is C16H20N4OS. The summed E-state index contributed by atoms with van der Waals surface area (Å²) >= 11 is 1.42. The van der Waals surface area contributed by atoms with Gasteiger partial charge >= 0.3 is 0 Å². The van der Waals surface area contributed by atoms with Crippen molar-refractivity contribution in [3.63, 3.8) is 0 Å². The van der Waals surface area contributed by atoms with E-state index < -0.39 is 0 Å². The molecule has 0 unspecified atom stereocenters. The van der Waals surface area contributed by atoms with Crippen molar-refractivity contribution in [1.29, 1.82) is 5.26 Å². The number of carbonyl (C=O) groups is 1. The zero-order valence-electron chi connectivity index (χ0n) is 13.5. The highest BCUT2D eigenvalue weighted by molar-refractivity contribution is 7.13. The fourth-order valence-corrected chi connectivity index (χ4v) is 3.06. The van der Waals surface area contributed by atoms with Gasteiger partial charge in [0, 0.05) is 11.7 Å². The number of carbonyl (C=O) groups excluding carboxylic acids is 1. The Balaban J connectivity index is 2.34. The van der Waals surface area contributed by atoms with Crippen molar-refractivity contribution < 1.29 is 4.79 Å². The van der Waals surface area contributed by atoms with Crippen molar-refractivity contribution in [2.24, 2.45) is 0 Å². The second-order valence-electron chi connectivity index (χ2n) is 6.10. The summed E-state index contributed by atoms with van der Waals surface area (Å²) in [6, 6.07) is 3.81. The second kappa shape index (κ2) is 5.93. The van der Waals surface area contributed by atoms with Crippen molar-refractivity contribution in [3.05, 3.63) is 33.4 Å². The second-order valence-corrected chi connectivity index (χ2v) is 7.18. The maximum Gasteiger partial charge on any atom is 0.268 e. The molecule has 2 aromatic rings. The van der Waals surface area contributed by atoms with Gasteiger partial charge in [0.05, 0.1) is 16.3 Å². The SMILES string of the molecule is CCc1nc(C)c(C(=O)Nc2cc(C#N)cn2C(C)(C)C)s1.